The van der Waals surface area contributed by atoms with Crippen LogP contribution in [0.4, 0.5) is 0 Å². The maximum Gasteiger partial charge on any atom is 0.0361 e. The molecule has 0 atom stereocenters. The van der Waals surface area contributed by atoms with Gasteiger partial charge in [0.2, 0.25) is 0 Å². The van der Waals surface area contributed by atoms with Gasteiger partial charge in [-0.3, -0.25) is 0 Å². The third-order valence-electron chi connectivity index (χ3n) is 1.57. The quantitative estimate of drug-likeness (QED) is 0.727. The Bertz CT molecular complexity index is 331. The van der Waals surface area contributed by atoms with Crippen LogP contribution in [0.15, 0.2) is 22.7 Å². The summed E-state index contributed by atoms with van der Waals surface area (Å²) in [6, 6.07) is 5.55. The maximum absolute atomic E-state index is 7.43. The van der Waals surface area contributed by atoms with E-state index in [-0.39, 0.29) is 0 Å². The van der Waals surface area contributed by atoms with Crippen LogP contribution < -0.4 is 0 Å². The van der Waals surface area contributed by atoms with E-state index in [1.54, 1.807) is 6.92 Å². The minimum Gasteiger partial charge on any atom is -0.308 e. The van der Waals surface area contributed by atoms with E-state index >= 15 is 0 Å². The van der Waals surface area contributed by atoms with Crippen molar-refractivity contribution in [3.05, 3.63) is 33.8 Å². The Morgan fingerprint density at radius 3 is 2.67 bits per heavy atom. The topological polar surface area (TPSA) is 47.7 Å². The normalized spacial score (nSPS) is 9.50. The van der Waals surface area contributed by atoms with Gasteiger partial charge >= 0.3 is 0 Å². The third kappa shape index (κ3) is 1.80. The zero-order chi connectivity index (χ0) is 9.14. The van der Waals surface area contributed by atoms with Crippen molar-refractivity contribution in [2.75, 3.05) is 0 Å². The van der Waals surface area contributed by atoms with Crippen LogP contribution in [0.2, 0.25) is 0 Å². The number of rotatable bonds is 2. The molecular weight excluding hydrogens is 216 g/mol. The van der Waals surface area contributed by atoms with Gasteiger partial charge in [0.1, 0.15) is 0 Å². The molecule has 0 aliphatic heterocycles. The molecule has 0 heterocycles. The summed E-state index contributed by atoms with van der Waals surface area (Å²) in [7, 11) is 0. The second-order valence-corrected chi connectivity index (χ2v) is 3.42. The van der Waals surface area contributed by atoms with E-state index in [9.17, 15) is 0 Å². The molecule has 2 nitrogen and oxygen atoms in total. The van der Waals surface area contributed by atoms with E-state index < -0.39 is 0 Å². The molecule has 0 spiro atoms. The predicted octanol–water partition coefficient (Wildman–Crippen LogP) is 2.83. The molecule has 1 aromatic rings. The lowest BCUT2D eigenvalue weighted by Gasteiger charge is -2.02. The summed E-state index contributed by atoms with van der Waals surface area (Å²) in [5.74, 6) is 0. The summed E-state index contributed by atoms with van der Waals surface area (Å²) in [6.07, 6.45) is 1.26. The number of benzene rings is 1. The Morgan fingerprint density at radius 1 is 1.50 bits per heavy atom. The Labute approximate surface area is 79.8 Å². The lowest BCUT2D eigenvalue weighted by molar-refractivity contribution is 1.43. The van der Waals surface area contributed by atoms with Gasteiger partial charge in [0, 0.05) is 27.5 Å². The summed E-state index contributed by atoms with van der Waals surface area (Å²) < 4.78 is 0.936. The Kier molecular flexibility index (Phi) is 2.76. The first-order chi connectivity index (χ1) is 5.65. The van der Waals surface area contributed by atoms with Crippen LogP contribution in [-0.2, 0) is 0 Å². The lowest BCUT2D eigenvalue weighted by atomic mass is 10.1. The molecule has 0 aliphatic carbocycles. The van der Waals surface area contributed by atoms with Crippen LogP contribution in [0.3, 0.4) is 0 Å². The highest BCUT2D eigenvalue weighted by Gasteiger charge is 2.01. The fraction of sp³-hybridized carbons (Fsp3) is 0.111. The fourth-order valence-electron chi connectivity index (χ4n) is 0.995. The van der Waals surface area contributed by atoms with Gasteiger partial charge in [0.15, 0.2) is 0 Å². The summed E-state index contributed by atoms with van der Waals surface area (Å²) in [6.45, 7) is 1.72. The summed E-state index contributed by atoms with van der Waals surface area (Å²) in [4.78, 5) is 0. The van der Waals surface area contributed by atoms with E-state index in [0.717, 1.165) is 15.6 Å². The van der Waals surface area contributed by atoms with E-state index in [1.807, 2.05) is 18.2 Å². The van der Waals surface area contributed by atoms with Gasteiger partial charge in [0.25, 0.3) is 0 Å². The van der Waals surface area contributed by atoms with Crippen LogP contribution in [0.25, 0.3) is 0 Å². The van der Waals surface area contributed by atoms with Gasteiger partial charge in [-0.2, -0.15) is 0 Å². The number of hydrogen-bond donors (Lipinski definition) is 2. The van der Waals surface area contributed by atoms with Crippen LogP contribution >= 0.6 is 15.9 Å². The van der Waals surface area contributed by atoms with E-state index in [1.165, 1.54) is 6.21 Å². The molecule has 0 saturated heterocycles. The monoisotopic (exact) mass is 224 g/mol. The molecule has 0 aliphatic rings. The second-order valence-electron chi connectivity index (χ2n) is 2.50. The molecular formula is C9H9BrN2. The first kappa shape index (κ1) is 9.13. The number of hydrogen-bond acceptors (Lipinski definition) is 2. The average Bonchev–Trinajstić information content (AvgIpc) is 2.03. The lowest BCUT2D eigenvalue weighted by Crippen LogP contribution is -1.97. The van der Waals surface area contributed by atoms with Crippen molar-refractivity contribution in [2.24, 2.45) is 0 Å². The maximum atomic E-state index is 7.43. The molecule has 0 radical (unpaired) electrons. The fourth-order valence-corrected chi connectivity index (χ4v) is 1.37. The van der Waals surface area contributed by atoms with E-state index in [4.69, 9.17) is 10.8 Å². The Morgan fingerprint density at radius 2 is 2.17 bits per heavy atom. The number of nitrogens with one attached hydrogen (secondary N) is 2. The first-order valence-electron chi connectivity index (χ1n) is 3.50. The molecule has 0 amide bonds. The molecule has 1 rings (SSSR count). The van der Waals surface area contributed by atoms with Crippen molar-refractivity contribution in [1.82, 2.24) is 0 Å². The zero-order valence-electron chi connectivity index (χ0n) is 6.69. The minimum absolute atomic E-state index is 0.487. The zero-order valence-corrected chi connectivity index (χ0v) is 8.27. The molecule has 0 aromatic heterocycles. The summed E-state index contributed by atoms with van der Waals surface area (Å²) >= 11 is 3.31. The molecule has 0 fully saturated rings. The molecule has 0 saturated carbocycles. The molecule has 1 aromatic carbocycles. The van der Waals surface area contributed by atoms with Gasteiger partial charge in [-0.1, -0.05) is 22.0 Å². The highest BCUT2D eigenvalue weighted by atomic mass is 79.9. The number of halogens is 1. The van der Waals surface area contributed by atoms with Crippen molar-refractivity contribution in [3.63, 3.8) is 0 Å². The molecule has 12 heavy (non-hydrogen) atoms. The molecule has 3 heteroatoms. The Hall–Kier alpha value is -0.960. The van der Waals surface area contributed by atoms with Crippen molar-refractivity contribution in [2.45, 2.75) is 6.92 Å². The van der Waals surface area contributed by atoms with Crippen molar-refractivity contribution in [1.29, 1.82) is 10.8 Å². The van der Waals surface area contributed by atoms with Gasteiger partial charge in [0.05, 0.1) is 0 Å². The largest absolute Gasteiger partial charge is 0.308 e. The molecule has 62 valence electrons. The standard InChI is InChI=1S/C9H9BrN2/c1-6(12)9-3-2-8(10)4-7(9)5-11/h2-5,11-12H,1H3. The Balaban J connectivity index is 3.29. The third-order valence-corrected chi connectivity index (χ3v) is 2.07. The summed E-state index contributed by atoms with van der Waals surface area (Å²) in [5, 5.41) is 14.6. The average molecular weight is 225 g/mol. The van der Waals surface area contributed by atoms with Crippen LogP contribution in [-0.4, -0.2) is 11.9 Å². The van der Waals surface area contributed by atoms with Crippen LogP contribution in [0.5, 0.6) is 0 Å². The first-order valence-corrected chi connectivity index (χ1v) is 4.30. The van der Waals surface area contributed by atoms with Gasteiger partial charge < -0.3 is 10.8 Å². The molecule has 0 unspecified atom stereocenters. The molecule has 2 N–H and O–H groups in total. The molecule has 0 bridgehead atoms. The minimum atomic E-state index is 0.487. The summed E-state index contributed by atoms with van der Waals surface area (Å²) in [5.41, 5.74) is 2.08. The van der Waals surface area contributed by atoms with Crippen molar-refractivity contribution in [3.8, 4) is 0 Å². The highest BCUT2D eigenvalue weighted by Crippen LogP contribution is 2.15. The SMILES string of the molecule is CC(=N)c1ccc(Br)cc1C=N. The van der Waals surface area contributed by atoms with Crippen LogP contribution in [0, 0.1) is 10.8 Å². The van der Waals surface area contributed by atoms with Crippen LogP contribution in [0.1, 0.15) is 18.1 Å². The van der Waals surface area contributed by atoms with Crippen molar-refractivity contribution < 1.29 is 0 Å². The van der Waals surface area contributed by atoms with E-state index in [2.05, 4.69) is 15.9 Å². The smallest absolute Gasteiger partial charge is 0.0361 e. The van der Waals surface area contributed by atoms with Gasteiger partial charge in [-0.05, 0) is 19.1 Å². The predicted molar refractivity (Wildman–Crippen MR) is 54.5 cm³/mol. The second kappa shape index (κ2) is 3.63. The van der Waals surface area contributed by atoms with Gasteiger partial charge in [-0.15, -0.1) is 0 Å². The highest BCUT2D eigenvalue weighted by molar-refractivity contribution is 9.10. The van der Waals surface area contributed by atoms with Gasteiger partial charge in [-0.25, -0.2) is 0 Å². The van der Waals surface area contributed by atoms with E-state index in [0.29, 0.717) is 5.71 Å². The van der Waals surface area contributed by atoms with Crippen molar-refractivity contribution >= 4 is 27.9 Å².